The van der Waals surface area contributed by atoms with Gasteiger partial charge in [0.05, 0.1) is 22.9 Å². The van der Waals surface area contributed by atoms with Crippen LogP contribution in [0.25, 0.3) is 17.0 Å². The third kappa shape index (κ3) is 3.80. The second-order valence-corrected chi connectivity index (χ2v) is 8.46. The van der Waals surface area contributed by atoms with Gasteiger partial charge in [-0.25, -0.2) is 4.98 Å². The van der Waals surface area contributed by atoms with Crippen LogP contribution in [0.1, 0.15) is 36.2 Å². The summed E-state index contributed by atoms with van der Waals surface area (Å²) in [6, 6.07) is 20.9. The van der Waals surface area contributed by atoms with Crippen molar-refractivity contribution in [2.24, 2.45) is 0 Å². The van der Waals surface area contributed by atoms with E-state index in [0.717, 1.165) is 5.56 Å². The molecule has 2 aromatic heterocycles. The Bertz CT molecular complexity index is 1480. The first-order valence-electron chi connectivity index (χ1n) is 10.7. The van der Waals surface area contributed by atoms with Gasteiger partial charge in [-0.05, 0) is 67.9 Å². The predicted molar refractivity (Wildman–Crippen MR) is 124 cm³/mol. The van der Waals surface area contributed by atoms with Crippen molar-refractivity contribution < 1.29 is 18.7 Å². The third-order valence-corrected chi connectivity index (χ3v) is 5.66. The average Bonchev–Trinajstić information content (AvgIpc) is 3.37. The summed E-state index contributed by atoms with van der Waals surface area (Å²) in [7, 11) is 0. The molecule has 0 radical (unpaired) electrons. The SMILES string of the molecule is CC1(C)OC(c2ccc(C#N)cc2)=C(c2ccc(OCc3cn4c(F)cccc4n3)cc2)C1=O. The maximum atomic E-state index is 13.9. The van der Waals surface area contributed by atoms with Crippen LogP contribution in [0.4, 0.5) is 4.39 Å². The van der Waals surface area contributed by atoms with E-state index < -0.39 is 11.5 Å². The van der Waals surface area contributed by atoms with E-state index in [9.17, 15) is 9.18 Å². The minimum Gasteiger partial charge on any atom is -0.487 e. The van der Waals surface area contributed by atoms with Crippen molar-refractivity contribution in [3.05, 3.63) is 101 Å². The molecule has 0 atom stereocenters. The van der Waals surface area contributed by atoms with Crippen LogP contribution in [-0.4, -0.2) is 20.8 Å². The van der Waals surface area contributed by atoms with E-state index in [-0.39, 0.29) is 12.4 Å². The molecule has 3 heterocycles. The molecule has 34 heavy (non-hydrogen) atoms. The Hall–Kier alpha value is -4.44. The van der Waals surface area contributed by atoms with E-state index >= 15 is 0 Å². The monoisotopic (exact) mass is 453 g/mol. The predicted octanol–water partition coefficient (Wildman–Crippen LogP) is 5.17. The van der Waals surface area contributed by atoms with Crippen molar-refractivity contribution in [3.8, 4) is 11.8 Å². The van der Waals surface area contributed by atoms with Crippen LogP contribution in [0.2, 0.25) is 0 Å². The molecular formula is C27H20FN3O3. The minimum atomic E-state index is -0.994. The topological polar surface area (TPSA) is 76.6 Å². The fraction of sp³-hybridized carbons (Fsp3) is 0.148. The van der Waals surface area contributed by atoms with Gasteiger partial charge in [-0.15, -0.1) is 0 Å². The Morgan fingerprint density at radius 3 is 2.44 bits per heavy atom. The second kappa shape index (κ2) is 8.16. The molecule has 0 fully saturated rings. The molecular weight excluding hydrogens is 433 g/mol. The molecule has 0 amide bonds. The molecule has 2 aromatic carbocycles. The van der Waals surface area contributed by atoms with Crippen LogP contribution < -0.4 is 4.74 Å². The van der Waals surface area contributed by atoms with Gasteiger partial charge in [0, 0.05) is 11.8 Å². The van der Waals surface area contributed by atoms with Gasteiger partial charge < -0.3 is 9.47 Å². The Kier molecular flexibility index (Phi) is 5.14. The molecule has 168 valence electrons. The van der Waals surface area contributed by atoms with E-state index in [4.69, 9.17) is 14.7 Å². The number of carbonyl (C=O) groups is 1. The number of nitriles is 1. The minimum absolute atomic E-state index is 0.118. The summed E-state index contributed by atoms with van der Waals surface area (Å²) in [4.78, 5) is 17.5. The van der Waals surface area contributed by atoms with Gasteiger partial charge in [0.2, 0.25) is 5.78 Å². The Labute approximate surface area is 195 Å². The summed E-state index contributed by atoms with van der Waals surface area (Å²) in [5.41, 5.74) is 2.57. The molecule has 6 nitrogen and oxygen atoms in total. The van der Waals surface area contributed by atoms with Crippen molar-refractivity contribution >= 4 is 22.8 Å². The molecule has 0 N–H and O–H groups in total. The van der Waals surface area contributed by atoms with E-state index in [1.54, 1.807) is 80.7 Å². The zero-order chi connectivity index (χ0) is 23.9. The number of pyridine rings is 1. The molecule has 0 bridgehead atoms. The molecule has 7 heteroatoms. The van der Waals surface area contributed by atoms with Crippen molar-refractivity contribution in [2.45, 2.75) is 26.1 Å². The lowest BCUT2D eigenvalue weighted by Gasteiger charge is -2.17. The molecule has 0 unspecified atom stereocenters. The second-order valence-electron chi connectivity index (χ2n) is 8.46. The van der Waals surface area contributed by atoms with Crippen LogP contribution in [-0.2, 0) is 16.1 Å². The number of ether oxygens (including phenoxy) is 2. The fourth-order valence-electron chi connectivity index (χ4n) is 3.89. The number of carbonyl (C=O) groups excluding carboxylic acids is 1. The smallest absolute Gasteiger partial charge is 0.210 e. The number of halogens is 1. The van der Waals surface area contributed by atoms with Gasteiger partial charge in [0.1, 0.15) is 23.8 Å². The quantitative estimate of drug-likeness (QED) is 0.390. The first-order chi connectivity index (χ1) is 16.4. The first-order valence-corrected chi connectivity index (χ1v) is 10.7. The van der Waals surface area contributed by atoms with Gasteiger partial charge in [-0.3, -0.25) is 9.20 Å². The maximum Gasteiger partial charge on any atom is 0.210 e. The number of fused-ring (bicyclic) bond motifs is 1. The highest BCUT2D eigenvalue weighted by atomic mass is 19.1. The third-order valence-electron chi connectivity index (χ3n) is 5.66. The average molecular weight is 453 g/mol. The number of hydrogen-bond donors (Lipinski definition) is 0. The first kappa shape index (κ1) is 21.4. The van der Waals surface area contributed by atoms with E-state index in [0.29, 0.717) is 39.5 Å². The number of Topliss-reactive ketones (excluding diaryl/α,β-unsaturated/α-hetero) is 1. The number of ketones is 1. The van der Waals surface area contributed by atoms with E-state index in [1.165, 1.54) is 10.5 Å². The van der Waals surface area contributed by atoms with Gasteiger partial charge in [0.15, 0.2) is 11.5 Å². The van der Waals surface area contributed by atoms with Gasteiger partial charge >= 0.3 is 0 Å². The van der Waals surface area contributed by atoms with Crippen LogP contribution in [0.15, 0.2) is 72.9 Å². The Morgan fingerprint density at radius 2 is 1.76 bits per heavy atom. The molecule has 1 aliphatic heterocycles. The van der Waals surface area contributed by atoms with E-state index in [1.807, 2.05) is 0 Å². The highest BCUT2D eigenvalue weighted by Gasteiger charge is 2.42. The zero-order valence-corrected chi connectivity index (χ0v) is 18.6. The molecule has 4 aromatic rings. The Morgan fingerprint density at radius 1 is 1.06 bits per heavy atom. The highest BCUT2D eigenvalue weighted by Crippen LogP contribution is 2.41. The van der Waals surface area contributed by atoms with Crippen LogP contribution in [0, 0.1) is 17.3 Å². The standard InChI is InChI=1S/C27H20FN3O3/c1-27(2)26(32)24(25(34-27)19-8-6-17(14-29)7-9-19)18-10-12-21(13-11-18)33-16-20-15-31-22(28)4-3-5-23(31)30-20/h3-13,15H,16H2,1-2H3. The molecule has 0 saturated carbocycles. The summed E-state index contributed by atoms with van der Waals surface area (Å²) >= 11 is 0. The summed E-state index contributed by atoms with van der Waals surface area (Å²) < 4.78 is 27.1. The van der Waals surface area contributed by atoms with Gasteiger partial charge in [-0.1, -0.05) is 18.2 Å². The summed E-state index contributed by atoms with van der Waals surface area (Å²) in [5, 5.41) is 9.06. The van der Waals surface area contributed by atoms with Crippen LogP contribution in [0.5, 0.6) is 5.75 Å². The molecule has 0 saturated heterocycles. The largest absolute Gasteiger partial charge is 0.487 e. The maximum absolute atomic E-state index is 13.9. The van der Waals surface area contributed by atoms with Gasteiger partial charge in [0.25, 0.3) is 0 Å². The van der Waals surface area contributed by atoms with Crippen molar-refractivity contribution in [1.82, 2.24) is 9.38 Å². The van der Waals surface area contributed by atoms with E-state index in [2.05, 4.69) is 11.1 Å². The lowest BCUT2D eigenvalue weighted by molar-refractivity contribution is -0.125. The number of aromatic nitrogens is 2. The van der Waals surface area contributed by atoms with Gasteiger partial charge in [-0.2, -0.15) is 9.65 Å². The van der Waals surface area contributed by atoms with Crippen molar-refractivity contribution in [1.29, 1.82) is 5.26 Å². The number of imidazole rings is 1. The molecule has 1 aliphatic rings. The number of hydrogen-bond acceptors (Lipinski definition) is 5. The summed E-state index contributed by atoms with van der Waals surface area (Å²) in [6.45, 7) is 3.65. The lowest BCUT2D eigenvalue weighted by atomic mass is 9.92. The summed E-state index contributed by atoms with van der Waals surface area (Å²) in [5.74, 6) is 0.567. The van der Waals surface area contributed by atoms with Crippen molar-refractivity contribution in [3.63, 3.8) is 0 Å². The number of benzene rings is 2. The zero-order valence-electron chi connectivity index (χ0n) is 18.6. The molecule has 0 aliphatic carbocycles. The highest BCUT2D eigenvalue weighted by molar-refractivity contribution is 6.32. The normalized spacial score (nSPS) is 14.8. The lowest BCUT2D eigenvalue weighted by Crippen LogP contribution is -2.29. The van der Waals surface area contributed by atoms with Crippen molar-refractivity contribution in [2.75, 3.05) is 0 Å². The molecule has 5 rings (SSSR count). The Balaban J connectivity index is 1.40. The number of nitrogens with zero attached hydrogens (tertiary/aromatic N) is 3. The fourth-order valence-corrected chi connectivity index (χ4v) is 3.89. The van der Waals surface area contributed by atoms with Crippen LogP contribution in [0.3, 0.4) is 0 Å². The number of rotatable bonds is 5. The van der Waals surface area contributed by atoms with Crippen LogP contribution >= 0.6 is 0 Å². The summed E-state index contributed by atoms with van der Waals surface area (Å²) in [6.07, 6.45) is 1.60. The molecule has 0 spiro atoms.